The Morgan fingerprint density at radius 1 is 1.53 bits per heavy atom. The van der Waals surface area contributed by atoms with Crippen molar-refractivity contribution in [3.05, 3.63) is 33.7 Å². The number of hydrogen-bond acceptors (Lipinski definition) is 3. The molecule has 0 aliphatic heterocycles. The standard InChI is InChI=1S/C9H5N3O3/c10-3-4-6-5(13)1-2-11-8(6)12-7(4)9(14)15/h1-2H,(H,14,15)(H2,11,12,13). The summed E-state index contributed by atoms with van der Waals surface area (Å²) >= 11 is 0. The molecule has 0 spiro atoms. The molecule has 0 atom stereocenters. The Balaban J connectivity index is 3.01. The van der Waals surface area contributed by atoms with Gasteiger partial charge in [0.05, 0.1) is 10.9 Å². The molecule has 6 nitrogen and oxygen atoms in total. The van der Waals surface area contributed by atoms with Crippen molar-refractivity contribution in [2.45, 2.75) is 0 Å². The van der Waals surface area contributed by atoms with Gasteiger partial charge in [0.15, 0.2) is 5.43 Å². The first-order valence-electron chi connectivity index (χ1n) is 4.02. The summed E-state index contributed by atoms with van der Waals surface area (Å²) in [7, 11) is 0. The number of fused-ring (bicyclic) bond motifs is 1. The van der Waals surface area contributed by atoms with Gasteiger partial charge in [-0.3, -0.25) is 4.79 Å². The van der Waals surface area contributed by atoms with Gasteiger partial charge in [0.2, 0.25) is 0 Å². The van der Waals surface area contributed by atoms with E-state index in [1.165, 1.54) is 12.3 Å². The second-order valence-corrected chi connectivity index (χ2v) is 2.88. The second-order valence-electron chi connectivity index (χ2n) is 2.88. The number of hydrogen-bond donors (Lipinski definition) is 3. The fourth-order valence-corrected chi connectivity index (χ4v) is 1.41. The number of rotatable bonds is 1. The van der Waals surface area contributed by atoms with Gasteiger partial charge in [-0.1, -0.05) is 0 Å². The van der Waals surface area contributed by atoms with Crippen LogP contribution < -0.4 is 5.43 Å². The number of nitrogens with zero attached hydrogens (tertiary/aromatic N) is 1. The molecule has 0 unspecified atom stereocenters. The fraction of sp³-hybridized carbons (Fsp3) is 0. The zero-order valence-electron chi connectivity index (χ0n) is 7.37. The molecule has 0 bridgehead atoms. The first-order valence-corrected chi connectivity index (χ1v) is 4.02. The Labute approximate surface area is 82.8 Å². The minimum absolute atomic E-state index is 0.0809. The number of aromatic nitrogens is 2. The molecule has 0 aliphatic carbocycles. The van der Waals surface area contributed by atoms with E-state index in [1.54, 1.807) is 6.07 Å². The molecule has 0 fully saturated rings. The van der Waals surface area contributed by atoms with Crippen LogP contribution in [0.2, 0.25) is 0 Å². The predicted octanol–water partition coefficient (Wildman–Crippen LogP) is 0.426. The molecule has 0 aromatic carbocycles. The Hall–Kier alpha value is -2.55. The fourth-order valence-electron chi connectivity index (χ4n) is 1.41. The number of H-pyrrole nitrogens is 2. The maximum Gasteiger partial charge on any atom is 0.353 e. The molecule has 74 valence electrons. The maximum absolute atomic E-state index is 11.4. The highest BCUT2D eigenvalue weighted by Gasteiger charge is 2.18. The highest BCUT2D eigenvalue weighted by Crippen LogP contribution is 2.16. The minimum Gasteiger partial charge on any atom is -0.477 e. The number of carbonyl (C=O) groups is 1. The zero-order valence-corrected chi connectivity index (χ0v) is 7.37. The van der Waals surface area contributed by atoms with Crippen molar-refractivity contribution in [1.82, 2.24) is 9.97 Å². The third-order valence-corrected chi connectivity index (χ3v) is 2.03. The smallest absolute Gasteiger partial charge is 0.353 e. The molecule has 2 heterocycles. The molecule has 0 aliphatic rings. The monoisotopic (exact) mass is 203 g/mol. The van der Waals surface area contributed by atoms with Gasteiger partial charge in [0, 0.05) is 12.3 Å². The van der Waals surface area contributed by atoms with Crippen molar-refractivity contribution in [2.75, 3.05) is 0 Å². The van der Waals surface area contributed by atoms with E-state index in [-0.39, 0.29) is 27.7 Å². The van der Waals surface area contributed by atoms with Crippen LogP contribution in [0.4, 0.5) is 0 Å². The van der Waals surface area contributed by atoms with Gasteiger partial charge in [0.1, 0.15) is 17.4 Å². The lowest BCUT2D eigenvalue weighted by Crippen LogP contribution is -2.01. The molecule has 6 heteroatoms. The maximum atomic E-state index is 11.4. The number of nitrogens with one attached hydrogen (secondary N) is 2. The van der Waals surface area contributed by atoms with Crippen LogP contribution in [-0.4, -0.2) is 21.0 Å². The number of aromatic amines is 2. The summed E-state index contributed by atoms with van der Waals surface area (Å²) in [6.07, 6.45) is 1.38. The number of pyridine rings is 1. The average Bonchev–Trinajstić information content (AvgIpc) is 2.57. The zero-order chi connectivity index (χ0) is 11.0. The van der Waals surface area contributed by atoms with Crippen molar-refractivity contribution in [3.63, 3.8) is 0 Å². The van der Waals surface area contributed by atoms with Gasteiger partial charge in [-0.2, -0.15) is 5.26 Å². The molecule has 0 radical (unpaired) electrons. The van der Waals surface area contributed by atoms with E-state index in [0.29, 0.717) is 0 Å². The summed E-state index contributed by atoms with van der Waals surface area (Å²) in [5, 5.41) is 17.7. The predicted molar refractivity (Wildman–Crippen MR) is 50.6 cm³/mol. The number of carboxylic acids is 1. The van der Waals surface area contributed by atoms with Crippen molar-refractivity contribution in [1.29, 1.82) is 5.26 Å². The van der Waals surface area contributed by atoms with Gasteiger partial charge in [0.25, 0.3) is 0 Å². The van der Waals surface area contributed by atoms with E-state index in [9.17, 15) is 9.59 Å². The van der Waals surface area contributed by atoms with Crippen molar-refractivity contribution in [2.24, 2.45) is 0 Å². The Morgan fingerprint density at radius 2 is 2.27 bits per heavy atom. The summed E-state index contributed by atoms with van der Waals surface area (Å²) in [6, 6.07) is 2.95. The van der Waals surface area contributed by atoms with Crippen molar-refractivity contribution >= 4 is 17.0 Å². The van der Waals surface area contributed by atoms with Crippen LogP contribution in [0, 0.1) is 11.3 Å². The lowest BCUT2D eigenvalue weighted by atomic mass is 10.2. The molecule has 2 aromatic rings. The SMILES string of the molecule is N#Cc1c(C(=O)O)[nH]c2[nH]ccc(=O)c12. The lowest BCUT2D eigenvalue weighted by molar-refractivity contribution is 0.0691. The molecular formula is C9H5N3O3. The normalized spacial score (nSPS) is 10.1. The van der Waals surface area contributed by atoms with Gasteiger partial charge >= 0.3 is 5.97 Å². The summed E-state index contributed by atoms with van der Waals surface area (Å²) in [4.78, 5) is 27.3. The van der Waals surface area contributed by atoms with Gasteiger partial charge in [-0.15, -0.1) is 0 Å². The largest absolute Gasteiger partial charge is 0.477 e. The second kappa shape index (κ2) is 2.99. The Morgan fingerprint density at radius 3 is 2.87 bits per heavy atom. The van der Waals surface area contributed by atoms with E-state index >= 15 is 0 Å². The molecule has 0 amide bonds. The van der Waals surface area contributed by atoms with Crippen LogP contribution in [-0.2, 0) is 0 Å². The van der Waals surface area contributed by atoms with Crippen molar-refractivity contribution < 1.29 is 9.90 Å². The average molecular weight is 203 g/mol. The summed E-state index contributed by atoms with van der Waals surface area (Å²) in [5.41, 5.74) is -0.549. The molecular weight excluding hydrogens is 198 g/mol. The minimum atomic E-state index is -1.27. The number of carboxylic acid groups (broad SMARTS) is 1. The Kier molecular flexibility index (Phi) is 1.80. The highest BCUT2D eigenvalue weighted by atomic mass is 16.4. The molecule has 3 N–H and O–H groups in total. The molecule has 0 saturated carbocycles. The number of nitriles is 1. The van der Waals surface area contributed by atoms with Crippen LogP contribution in [0.25, 0.3) is 11.0 Å². The van der Waals surface area contributed by atoms with Crippen LogP contribution in [0.5, 0.6) is 0 Å². The summed E-state index contributed by atoms with van der Waals surface area (Å²) < 4.78 is 0. The van der Waals surface area contributed by atoms with Gasteiger partial charge in [-0.25, -0.2) is 4.79 Å². The molecule has 2 aromatic heterocycles. The van der Waals surface area contributed by atoms with Crippen LogP contribution in [0.15, 0.2) is 17.1 Å². The van der Waals surface area contributed by atoms with Crippen LogP contribution >= 0.6 is 0 Å². The highest BCUT2D eigenvalue weighted by molar-refractivity contribution is 5.98. The molecule has 0 saturated heterocycles. The van der Waals surface area contributed by atoms with Crippen molar-refractivity contribution in [3.8, 4) is 6.07 Å². The van der Waals surface area contributed by atoms with E-state index in [1.807, 2.05) is 0 Å². The quantitative estimate of drug-likeness (QED) is 0.623. The molecule has 15 heavy (non-hydrogen) atoms. The Bertz CT molecular complexity index is 645. The van der Waals surface area contributed by atoms with Crippen LogP contribution in [0.3, 0.4) is 0 Å². The lowest BCUT2D eigenvalue weighted by Gasteiger charge is -1.86. The first kappa shape index (κ1) is 9.02. The van der Waals surface area contributed by atoms with Gasteiger partial charge in [-0.05, 0) is 0 Å². The van der Waals surface area contributed by atoms with E-state index in [0.717, 1.165) is 0 Å². The van der Waals surface area contributed by atoms with E-state index in [4.69, 9.17) is 10.4 Å². The van der Waals surface area contributed by atoms with Crippen LogP contribution in [0.1, 0.15) is 16.1 Å². The topological polar surface area (TPSA) is 110 Å². The molecule has 2 rings (SSSR count). The summed E-state index contributed by atoms with van der Waals surface area (Å²) in [6.45, 7) is 0. The van der Waals surface area contributed by atoms with E-state index in [2.05, 4.69) is 9.97 Å². The van der Waals surface area contributed by atoms with Gasteiger partial charge < -0.3 is 15.1 Å². The summed E-state index contributed by atoms with van der Waals surface area (Å²) in [5.74, 6) is -1.27. The third kappa shape index (κ3) is 1.18. The first-order chi connectivity index (χ1) is 7.15. The third-order valence-electron chi connectivity index (χ3n) is 2.03. The number of aromatic carboxylic acids is 1. The van der Waals surface area contributed by atoms with E-state index < -0.39 is 5.97 Å².